The van der Waals surface area contributed by atoms with E-state index in [4.69, 9.17) is 4.42 Å². The molecule has 14 heavy (non-hydrogen) atoms. The minimum Gasteiger partial charge on any atom is -0.436 e. The first-order valence-corrected chi connectivity index (χ1v) is 4.45. The van der Waals surface area contributed by atoms with Gasteiger partial charge in [-0.25, -0.2) is 4.98 Å². The maximum atomic E-state index is 5.56. The average Bonchev–Trinajstić information content (AvgIpc) is 2.57. The average molecular weight is 184 g/mol. The Kier molecular flexibility index (Phi) is 1.36. The van der Waals surface area contributed by atoms with Crippen molar-refractivity contribution in [2.45, 2.75) is 6.92 Å². The maximum Gasteiger partial charge on any atom is 0.229 e. The summed E-state index contributed by atoms with van der Waals surface area (Å²) in [4.78, 5) is 8.47. The normalized spacial score (nSPS) is 11.2. The summed E-state index contributed by atoms with van der Waals surface area (Å²) in [5.74, 6) is 0. The largest absolute Gasteiger partial charge is 0.436 e. The molecule has 3 nitrogen and oxygen atoms in total. The number of hydrogen-bond donors (Lipinski definition) is 0. The first-order chi connectivity index (χ1) is 6.86. The number of rotatable bonds is 0. The summed E-state index contributed by atoms with van der Waals surface area (Å²) < 4.78 is 5.56. The third-order valence-corrected chi connectivity index (χ3v) is 2.34. The number of furan rings is 1. The zero-order chi connectivity index (χ0) is 9.54. The van der Waals surface area contributed by atoms with Crippen LogP contribution in [0.5, 0.6) is 0 Å². The number of aryl methyl sites for hydroxylation is 1. The van der Waals surface area contributed by atoms with Crippen molar-refractivity contribution >= 4 is 22.2 Å². The second-order valence-corrected chi connectivity index (χ2v) is 3.26. The lowest BCUT2D eigenvalue weighted by Crippen LogP contribution is -1.78. The molecular weight excluding hydrogens is 176 g/mol. The summed E-state index contributed by atoms with van der Waals surface area (Å²) in [6, 6.07) is 5.73. The summed E-state index contributed by atoms with van der Waals surface area (Å²) in [6.07, 6.45) is 3.52. The van der Waals surface area contributed by atoms with E-state index in [0.717, 1.165) is 22.0 Å². The molecule has 0 amide bonds. The number of fused-ring (bicyclic) bond motifs is 3. The molecule has 0 aliphatic heterocycles. The quantitative estimate of drug-likeness (QED) is 0.539. The molecule has 0 saturated heterocycles. The molecule has 3 aromatic heterocycles. The van der Waals surface area contributed by atoms with Gasteiger partial charge in [0.15, 0.2) is 5.58 Å². The molecule has 0 radical (unpaired) electrons. The van der Waals surface area contributed by atoms with Gasteiger partial charge >= 0.3 is 0 Å². The standard InChI is InChI=1S/C11H8N2O/c1-7-4-6-13-11-9(7)10-8(14-11)3-2-5-12-10/h2-6H,1H3. The second-order valence-electron chi connectivity index (χ2n) is 3.26. The van der Waals surface area contributed by atoms with E-state index in [-0.39, 0.29) is 0 Å². The van der Waals surface area contributed by atoms with E-state index in [1.54, 1.807) is 12.4 Å². The van der Waals surface area contributed by atoms with Gasteiger partial charge in [0.25, 0.3) is 0 Å². The highest BCUT2D eigenvalue weighted by Crippen LogP contribution is 2.27. The van der Waals surface area contributed by atoms with Crippen molar-refractivity contribution in [1.29, 1.82) is 0 Å². The van der Waals surface area contributed by atoms with Crippen molar-refractivity contribution in [3.63, 3.8) is 0 Å². The van der Waals surface area contributed by atoms with Crippen LogP contribution in [0.1, 0.15) is 5.56 Å². The van der Waals surface area contributed by atoms with Gasteiger partial charge in [-0.3, -0.25) is 4.98 Å². The number of aromatic nitrogens is 2. The molecule has 0 saturated carbocycles. The van der Waals surface area contributed by atoms with E-state index in [9.17, 15) is 0 Å². The predicted octanol–water partition coefficient (Wildman–Crippen LogP) is 2.68. The van der Waals surface area contributed by atoms with E-state index in [2.05, 4.69) is 9.97 Å². The second kappa shape index (κ2) is 2.54. The lowest BCUT2D eigenvalue weighted by molar-refractivity contribution is 0.653. The monoisotopic (exact) mass is 184 g/mol. The third-order valence-electron chi connectivity index (χ3n) is 2.34. The summed E-state index contributed by atoms with van der Waals surface area (Å²) in [6.45, 7) is 2.04. The Labute approximate surface area is 80.4 Å². The molecule has 3 aromatic rings. The predicted molar refractivity (Wildman–Crippen MR) is 54.0 cm³/mol. The summed E-state index contributed by atoms with van der Waals surface area (Å²) >= 11 is 0. The Morgan fingerprint density at radius 3 is 3.00 bits per heavy atom. The summed E-state index contributed by atoms with van der Waals surface area (Å²) in [5, 5.41) is 1.02. The Balaban J connectivity index is 2.65. The lowest BCUT2D eigenvalue weighted by Gasteiger charge is -1.91. The Morgan fingerprint density at radius 1 is 1.14 bits per heavy atom. The molecular formula is C11H8N2O. The van der Waals surface area contributed by atoms with Gasteiger partial charge in [0.2, 0.25) is 5.71 Å². The molecule has 0 spiro atoms. The molecule has 0 unspecified atom stereocenters. The van der Waals surface area contributed by atoms with Crippen LogP contribution in [0, 0.1) is 6.92 Å². The van der Waals surface area contributed by atoms with Crippen LogP contribution in [0.2, 0.25) is 0 Å². The smallest absolute Gasteiger partial charge is 0.229 e. The van der Waals surface area contributed by atoms with E-state index < -0.39 is 0 Å². The Morgan fingerprint density at radius 2 is 2.07 bits per heavy atom. The van der Waals surface area contributed by atoms with Crippen LogP contribution in [-0.2, 0) is 0 Å². The van der Waals surface area contributed by atoms with Gasteiger partial charge in [-0.2, -0.15) is 0 Å². The maximum absolute atomic E-state index is 5.56. The van der Waals surface area contributed by atoms with Crippen LogP contribution in [-0.4, -0.2) is 9.97 Å². The number of nitrogens with zero attached hydrogens (tertiary/aromatic N) is 2. The molecule has 0 aliphatic carbocycles. The highest BCUT2D eigenvalue weighted by molar-refractivity contribution is 6.02. The zero-order valence-corrected chi connectivity index (χ0v) is 7.69. The number of pyridine rings is 2. The van der Waals surface area contributed by atoms with Crippen LogP contribution < -0.4 is 0 Å². The van der Waals surface area contributed by atoms with Crippen molar-refractivity contribution in [3.8, 4) is 0 Å². The van der Waals surface area contributed by atoms with E-state index in [1.165, 1.54) is 0 Å². The van der Waals surface area contributed by atoms with Crippen LogP contribution in [0.15, 0.2) is 35.0 Å². The molecule has 0 bridgehead atoms. The van der Waals surface area contributed by atoms with Gasteiger partial charge in [0.1, 0.15) is 5.52 Å². The third kappa shape index (κ3) is 0.865. The first kappa shape index (κ1) is 7.50. The molecule has 0 aromatic carbocycles. The molecule has 3 heteroatoms. The van der Waals surface area contributed by atoms with Crippen molar-refractivity contribution in [2.75, 3.05) is 0 Å². The van der Waals surface area contributed by atoms with Crippen molar-refractivity contribution in [2.24, 2.45) is 0 Å². The lowest BCUT2D eigenvalue weighted by atomic mass is 10.2. The van der Waals surface area contributed by atoms with Crippen LogP contribution in [0.4, 0.5) is 0 Å². The molecule has 68 valence electrons. The van der Waals surface area contributed by atoms with Gasteiger partial charge < -0.3 is 4.42 Å². The van der Waals surface area contributed by atoms with Gasteiger partial charge in [0, 0.05) is 12.4 Å². The first-order valence-electron chi connectivity index (χ1n) is 4.45. The molecule has 0 aliphatic rings. The molecule has 3 rings (SSSR count). The Hall–Kier alpha value is -1.90. The van der Waals surface area contributed by atoms with Crippen LogP contribution >= 0.6 is 0 Å². The van der Waals surface area contributed by atoms with E-state index in [1.807, 2.05) is 25.1 Å². The summed E-state index contributed by atoms with van der Waals surface area (Å²) in [7, 11) is 0. The minimum atomic E-state index is 0.665. The molecule has 0 atom stereocenters. The van der Waals surface area contributed by atoms with Gasteiger partial charge in [-0.1, -0.05) is 0 Å². The van der Waals surface area contributed by atoms with Crippen molar-refractivity contribution in [3.05, 3.63) is 36.2 Å². The Bertz CT molecular complexity index is 613. The SMILES string of the molecule is Cc1ccnc2oc3cccnc3c12. The molecule has 0 fully saturated rings. The molecule has 0 N–H and O–H groups in total. The number of hydrogen-bond acceptors (Lipinski definition) is 3. The minimum absolute atomic E-state index is 0.665. The van der Waals surface area contributed by atoms with E-state index >= 15 is 0 Å². The van der Waals surface area contributed by atoms with Crippen molar-refractivity contribution in [1.82, 2.24) is 9.97 Å². The van der Waals surface area contributed by atoms with E-state index in [0.29, 0.717) is 5.71 Å². The zero-order valence-electron chi connectivity index (χ0n) is 7.69. The highest BCUT2D eigenvalue weighted by atomic mass is 16.3. The summed E-state index contributed by atoms with van der Waals surface area (Å²) in [5.41, 5.74) is 3.50. The van der Waals surface area contributed by atoms with Crippen LogP contribution in [0.3, 0.4) is 0 Å². The van der Waals surface area contributed by atoms with Crippen LogP contribution in [0.25, 0.3) is 22.2 Å². The highest BCUT2D eigenvalue weighted by Gasteiger charge is 2.09. The fraction of sp³-hybridized carbons (Fsp3) is 0.0909. The fourth-order valence-electron chi connectivity index (χ4n) is 1.66. The van der Waals surface area contributed by atoms with Gasteiger partial charge in [-0.15, -0.1) is 0 Å². The van der Waals surface area contributed by atoms with Crippen molar-refractivity contribution < 1.29 is 4.42 Å². The molecule has 3 heterocycles. The fourth-order valence-corrected chi connectivity index (χ4v) is 1.66. The van der Waals surface area contributed by atoms with Gasteiger partial charge in [-0.05, 0) is 30.7 Å². The topological polar surface area (TPSA) is 38.9 Å². The van der Waals surface area contributed by atoms with Gasteiger partial charge in [0.05, 0.1) is 5.39 Å².